The van der Waals surface area contributed by atoms with Crippen molar-refractivity contribution in [2.75, 3.05) is 13.2 Å². The van der Waals surface area contributed by atoms with Gasteiger partial charge in [0.25, 0.3) is 0 Å². The van der Waals surface area contributed by atoms with Gasteiger partial charge in [0.2, 0.25) is 0 Å². The fourth-order valence-electron chi connectivity index (χ4n) is 2.25. The summed E-state index contributed by atoms with van der Waals surface area (Å²) in [6, 6.07) is 0.380. The summed E-state index contributed by atoms with van der Waals surface area (Å²) in [6.07, 6.45) is 4.69. The second-order valence-electron chi connectivity index (χ2n) is 4.93. The van der Waals surface area contributed by atoms with Crippen molar-refractivity contribution in [2.45, 2.75) is 65.5 Å². The first-order valence-corrected chi connectivity index (χ1v) is 8.35. The minimum Gasteiger partial charge on any atom is -0.377 e. The molecule has 1 aromatic heterocycles. The number of nitrogens with zero attached hydrogens (tertiary/aromatic N) is 1. The van der Waals surface area contributed by atoms with Gasteiger partial charge in [-0.05, 0) is 33.2 Å². The van der Waals surface area contributed by atoms with Crippen molar-refractivity contribution in [1.29, 1.82) is 0 Å². The number of ether oxygens (including phenoxy) is 1. The molecule has 0 aromatic carbocycles. The Morgan fingerprint density at radius 1 is 1.32 bits per heavy atom. The normalized spacial score (nSPS) is 14.5. The third-order valence-electron chi connectivity index (χ3n) is 3.12. The average Bonchev–Trinajstić information content (AvgIpc) is 2.80. The Balaban J connectivity index is 2.67. The van der Waals surface area contributed by atoms with Crippen LogP contribution in [0.2, 0.25) is 0 Å². The van der Waals surface area contributed by atoms with E-state index in [2.05, 4.69) is 43.4 Å². The molecule has 2 unspecified atom stereocenters. The lowest BCUT2D eigenvalue weighted by Crippen LogP contribution is -2.43. The number of hydrogen-bond donors (Lipinski definition) is 1. The molecule has 0 aliphatic carbocycles. The van der Waals surface area contributed by atoms with Crippen LogP contribution in [0.25, 0.3) is 0 Å². The first kappa shape index (κ1) is 16.6. The van der Waals surface area contributed by atoms with Gasteiger partial charge in [-0.1, -0.05) is 20.3 Å². The van der Waals surface area contributed by atoms with E-state index in [1.807, 2.05) is 0 Å². The van der Waals surface area contributed by atoms with Crippen LogP contribution in [0, 0.1) is 6.92 Å². The van der Waals surface area contributed by atoms with Crippen LogP contribution >= 0.6 is 11.3 Å². The van der Waals surface area contributed by atoms with Crippen molar-refractivity contribution in [3.63, 3.8) is 0 Å². The van der Waals surface area contributed by atoms with Crippen molar-refractivity contribution in [1.82, 2.24) is 10.3 Å². The maximum atomic E-state index is 5.93. The van der Waals surface area contributed by atoms with Crippen LogP contribution in [0.3, 0.4) is 0 Å². The van der Waals surface area contributed by atoms with Gasteiger partial charge in [-0.3, -0.25) is 0 Å². The second-order valence-corrected chi connectivity index (χ2v) is 5.87. The molecule has 1 aromatic rings. The molecule has 0 spiro atoms. The second kappa shape index (κ2) is 9.45. The van der Waals surface area contributed by atoms with Crippen molar-refractivity contribution >= 4 is 11.3 Å². The van der Waals surface area contributed by atoms with Gasteiger partial charge in [0, 0.05) is 30.1 Å². The summed E-state index contributed by atoms with van der Waals surface area (Å²) >= 11 is 1.76. The predicted octanol–water partition coefficient (Wildman–Crippen LogP) is 3.57. The van der Waals surface area contributed by atoms with Crippen molar-refractivity contribution in [2.24, 2.45) is 0 Å². The van der Waals surface area contributed by atoms with Crippen molar-refractivity contribution < 1.29 is 4.74 Å². The van der Waals surface area contributed by atoms with Gasteiger partial charge in [0.05, 0.1) is 11.1 Å². The van der Waals surface area contributed by atoms with Crippen LogP contribution in [0.15, 0.2) is 5.38 Å². The zero-order chi connectivity index (χ0) is 14.1. The van der Waals surface area contributed by atoms with Crippen LogP contribution in [0.4, 0.5) is 0 Å². The molecule has 19 heavy (non-hydrogen) atoms. The first-order chi connectivity index (χ1) is 9.21. The highest BCUT2D eigenvalue weighted by molar-refractivity contribution is 7.09. The Bertz CT molecular complexity index is 335. The number of nitrogens with one attached hydrogen (secondary N) is 1. The summed E-state index contributed by atoms with van der Waals surface area (Å²) in [5.74, 6) is 0. The molecule has 4 heteroatoms. The molecular formula is C15H28N2OS. The highest BCUT2D eigenvalue weighted by Gasteiger charge is 2.22. The van der Waals surface area contributed by atoms with E-state index in [4.69, 9.17) is 4.74 Å². The number of aryl methyl sites for hydroxylation is 1. The lowest BCUT2D eigenvalue weighted by Gasteiger charge is -2.27. The maximum Gasteiger partial charge on any atom is 0.0944 e. The van der Waals surface area contributed by atoms with Gasteiger partial charge in [-0.25, -0.2) is 4.98 Å². The lowest BCUT2D eigenvalue weighted by atomic mass is 10.0. The van der Waals surface area contributed by atoms with Gasteiger partial charge in [0.15, 0.2) is 0 Å². The fraction of sp³-hybridized carbons (Fsp3) is 0.800. The molecule has 3 nitrogen and oxygen atoms in total. The van der Waals surface area contributed by atoms with E-state index in [1.54, 1.807) is 11.3 Å². The molecule has 2 atom stereocenters. The van der Waals surface area contributed by atoms with E-state index < -0.39 is 0 Å². The van der Waals surface area contributed by atoms with Crippen molar-refractivity contribution in [3.05, 3.63) is 16.1 Å². The third kappa shape index (κ3) is 6.02. The van der Waals surface area contributed by atoms with Crippen LogP contribution in [0.1, 0.15) is 50.7 Å². The molecule has 0 amide bonds. The van der Waals surface area contributed by atoms with E-state index in [0.717, 1.165) is 44.5 Å². The molecule has 0 radical (unpaired) electrons. The topological polar surface area (TPSA) is 34.2 Å². The highest BCUT2D eigenvalue weighted by Crippen LogP contribution is 2.16. The molecule has 1 rings (SSSR count). The summed E-state index contributed by atoms with van der Waals surface area (Å²) in [5.41, 5.74) is 1.12. The minimum atomic E-state index is 0.297. The number of hydrogen-bond acceptors (Lipinski definition) is 4. The Morgan fingerprint density at radius 3 is 2.63 bits per heavy atom. The summed E-state index contributed by atoms with van der Waals surface area (Å²) in [5, 5.41) is 6.98. The van der Waals surface area contributed by atoms with E-state index in [-0.39, 0.29) is 0 Å². The van der Waals surface area contributed by atoms with E-state index in [0.29, 0.717) is 12.1 Å². The number of thiazole rings is 1. The fourth-order valence-corrected chi connectivity index (χ4v) is 3.08. The van der Waals surface area contributed by atoms with Crippen LogP contribution in [-0.2, 0) is 11.2 Å². The quantitative estimate of drug-likeness (QED) is 0.713. The van der Waals surface area contributed by atoms with Gasteiger partial charge < -0.3 is 10.1 Å². The average molecular weight is 284 g/mol. The molecule has 0 aliphatic rings. The Hall–Kier alpha value is -0.450. The van der Waals surface area contributed by atoms with Crippen LogP contribution in [-0.4, -0.2) is 30.3 Å². The molecule has 0 bridgehead atoms. The largest absolute Gasteiger partial charge is 0.377 e. The van der Waals surface area contributed by atoms with E-state index in [9.17, 15) is 0 Å². The molecule has 0 aliphatic heterocycles. The Labute approximate surface area is 121 Å². The number of rotatable bonds is 10. The SMILES string of the molecule is CCCNC(Cc1nc(C)cs1)C(CCC)OCC. The highest BCUT2D eigenvalue weighted by atomic mass is 32.1. The van der Waals surface area contributed by atoms with Gasteiger partial charge in [-0.15, -0.1) is 11.3 Å². The summed E-state index contributed by atoms with van der Waals surface area (Å²) in [4.78, 5) is 4.58. The van der Waals surface area contributed by atoms with Gasteiger partial charge >= 0.3 is 0 Å². The maximum absolute atomic E-state index is 5.93. The summed E-state index contributed by atoms with van der Waals surface area (Å²) in [6.45, 7) is 10.4. The van der Waals surface area contributed by atoms with Crippen molar-refractivity contribution in [3.8, 4) is 0 Å². The monoisotopic (exact) mass is 284 g/mol. The molecule has 0 saturated heterocycles. The predicted molar refractivity (Wildman–Crippen MR) is 83.0 cm³/mol. The smallest absolute Gasteiger partial charge is 0.0944 e. The van der Waals surface area contributed by atoms with E-state index in [1.165, 1.54) is 5.01 Å². The van der Waals surface area contributed by atoms with Gasteiger partial charge in [0.1, 0.15) is 0 Å². The summed E-state index contributed by atoms with van der Waals surface area (Å²) in [7, 11) is 0. The molecule has 0 saturated carbocycles. The Morgan fingerprint density at radius 2 is 2.11 bits per heavy atom. The summed E-state index contributed by atoms with van der Waals surface area (Å²) < 4.78 is 5.93. The first-order valence-electron chi connectivity index (χ1n) is 7.47. The molecule has 1 heterocycles. The lowest BCUT2D eigenvalue weighted by molar-refractivity contribution is 0.0282. The molecule has 110 valence electrons. The number of aromatic nitrogens is 1. The molecule has 1 N–H and O–H groups in total. The Kier molecular flexibility index (Phi) is 8.26. The van der Waals surface area contributed by atoms with E-state index >= 15 is 0 Å². The van der Waals surface area contributed by atoms with Crippen LogP contribution in [0.5, 0.6) is 0 Å². The third-order valence-corrected chi connectivity index (χ3v) is 4.11. The van der Waals surface area contributed by atoms with Crippen LogP contribution < -0.4 is 5.32 Å². The van der Waals surface area contributed by atoms with Gasteiger partial charge in [-0.2, -0.15) is 0 Å². The zero-order valence-corrected chi connectivity index (χ0v) is 13.6. The molecule has 0 fully saturated rings. The zero-order valence-electron chi connectivity index (χ0n) is 12.7. The molecular weight excluding hydrogens is 256 g/mol. The standard InChI is InChI=1S/C15H28N2OS/c1-5-8-14(18-7-3)13(16-9-6-2)10-15-17-12(4)11-19-15/h11,13-14,16H,5-10H2,1-4H3. The minimum absolute atomic E-state index is 0.297.